The minimum atomic E-state index is -4.40. The van der Waals surface area contributed by atoms with Gasteiger partial charge in [-0.05, 0) is 20.8 Å². The number of hydrogen-bond acceptors (Lipinski definition) is 2. The summed E-state index contributed by atoms with van der Waals surface area (Å²) >= 11 is 0. The van der Waals surface area contributed by atoms with Crippen molar-refractivity contribution in [3.05, 3.63) is 0 Å². The fourth-order valence-corrected chi connectivity index (χ4v) is 0.479. The van der Waals surface area contributed by atoms with Crippen molar-refractivity contribution in [2.75, 3.05) is 0 Å². The first-order valence-electron chi connectivity index (χ1n) is 3.47. The van der Waals surface area contributed by atoms with Crippen LogP contribution in [0, 0.1) is 0 Å². The summed E-state index contributed by atoms with van der Waals surface area (Å²) in [7, 11) is 0. The Morgan fingerprint density at radius 2 is 1.75 bits per heavy atom. The highest BCUT2D eigenvalue weighted by molar-refractivity contribution is 5.79. The lowest BCUT2D eigenvalue weighted by Gasteiger charge is -2.19. The number of halogens is 3. The lowest BCUT2D eigenvalue weighted by atomic mass is 10.3. The van der Waals surface area contributed by atoms with Gasteiger partial charge in [0.15, 0.2) is 11.9 Å². The number of rotatable bonds is 3. The second kappa shape index (κ2) is 3.89. The molecule has 0 aromatic heterocycles. The molecule has 72 valence electrons. The Kier molecular flexibility index (Phi) is 3.70. The first kappa shape index (κ1) is 11.4. The number of carbonyl (C=O) groups is 1. The first-order chi connectivity index (χ1) is 5.25. The molecule has 0 heterocycles. The molecule has 0 radical (unpaired) electrons. The molecule has 0 amide bonds. The van der Waals surface area contributed by atoms with Crippen LogP contribution in [0.5, 0.6) is 0 Å². The van der Waals surface area contributed by atoms with E-state index in [1.54, 1.807) is 0 Å². The van der Waals surface area contributed by atoms with Crippen LogP contribution in [0.2, 0.25) is 0 Å². The summed E-state index contributed by atoms with van der Waals surface area (Å²) in [5.41, 5.74) is 0. The van der Waals surface area contributed by atoms with Crippen molar-refractivity contribution in [1.82, 2.24) is 0 Å². The van der Waals surface area contributed by atoms with E-state index in [2.05, 4.69) is 4.74 Å². The third-order valence-electron chi connectivity index (χ3n) is 1.44. The molecular weight excluding hydrogens is 173 g/mol. The molecule has 0 fully saturated rings. The minimum absolute atomic E-state index is 0.411. The molecule has 0 saturated carbocycles. The number of alkyl halides is 3. The number of Topliss-reactive ketones (excluding diaryl/α,β-unsaturated/α-hetero) is 1. The molecule has 5 heteroatoms. The molecule has 0 bridgehead atoms. The van der Waals surface area contributed by atoms with Crippen molar-refractivity contribution < 1.29 is 22.7 Å². The maximum absolute atomic E-state index is 11.8. The molecule has 0 aliphatic rings. The second-order valence-corrected chi connectivity index (χ2v) is 2.57. The largest absolute Gasteiger partial charge is 0.414 e. The van der Waals surface area contributed by atoms with Crippen molar-refractivity contribution in [2.24, 2.45) is 0 Å². The Morgan fingerprint density at radius 3 is 2.00 bits per heavy atom. The Balaban J connectivity index is 4.01. The number of carbonyl (C=O) groups excluding carboxylic acids is 1. The summed E-state index contributed by atoms with van der Waals surface area (Å²) < 4.78 is 39.9. The van der Waals surface area contributed by atoms with Gasteiger partial charge in [0.05, 0.1) is 0 Å². The van der Waals surface area contributed by atoms with E-state index in [0.717, 1.165) is 6.92 Å². The molecule has 0 saturated heterocycles. The summed E-state index contributed by atoms with van der Waals surface area (Å²) in [6.45, 7) is 3.36. The average Bonchev–Trinajstić information content (AvgIpc) is 1.85. The second-order valence-electron chi connectivity index (χ2n) is 2.57. The van der Waals surface area contributed by atoms with Crippen LogP contribution in [0.15, 0.2) is 0 Å². The Morgan fingerprint density at radius 1 is 1.33 bits per heavy atom. The summed E-state index contributed by atoms with van der Waals surface area (Å²) in [4.78, 5) is 10.5. The number of hydrogen-bond donors (Lipinski definition) is 0. The predicted octanol–water partition coefficient (Wildman–Crippen LogP) is 1.93. The van der Waals surface area contributed by atoms with Crippen LogP contribution in [0.3, 0.4) is 0 Å². The van der Waals surface area contributed by atoms with Gasteiger partial charge in [-0.25, -0.2) is 0 Å². The zero-order valence-electron chi connectivity index (χ0n) is 7.11. The van der Waals surface area contributed by atoms with Crippen LogP contribution < -0.4 is 0 Å². The van der Waals surface area contributed by atoms with Gasteiger partial charge in [0.2, 0.25) is 0 Å². The topological polar surface area (TPSA) is 26.3 Å². The smallest absolute Gasteiger partial charge is 0.358 e. The molecule has 0 aliphatic heterocycles. The van der Waals surface area contributed by atoms with Gasteiger partial charge in [-0.3, -0.25) is 4.79 Å². The van der Waals surface area contributed by atoms with Gasteiger partial charge in [0.1, 0.15) is 6.10 Å². The van der Waals surface area contributed by atoms with Crippen LogP contribution >= 0.6 is 0 Å². The van der Waals surface area contributed by atoms with E-state index in [1.165, 1.54) is 13.8 Å². The van der Waals surface area contributed by atoms with E-state index < -0.39 is 24.2 Å². The molecule has 0 aliphatic carbocycles. The highest BCUT2D eigenvalue weighted by atomic mass is 19.4. The standard InChI is InChI=1S/C7H11F3O2/c1-4(11)5(2)12-6(3)7(8,9)10/h5-6H,1-3H3. The average molecular weight is 184 g/mol. The van der Waals surface area contributed by atoms with E-state index >= 15 is 0 Å². The third-order valence-corrected chi connectivity index (χ3v) is 1.44. The van der Waals surface area contributed by atoms with E-state index in [9.17, 15) is 18.0 Å². The van der Waals surface area contributed by atoms with Crippen LogP contribution in [-0.2, 0) is 9.53 Å². The third kappa shape index (κ3) is 3.71. The molecule has 0 spiro atoms. The van der Waals surface area contributed by atoms with Gasteiger partial charge < -0.3 is 4.74 Å². The van der Waals surface area contributed by atoms with E-state index in [4.69, 9.17) is 0 Å². The number of ether oxygens (including phenoxy) is 1. The van der Waals surface area contributed by atoms with Crippen molar-refractivity contribution in [3.63, 3.8) is 0 Å². The monoisotopic (exact) mass is 184 g/mol. The molecule has 0 aromatic carbocycles. The summed E-state index contributed by atoms with van der Waals surface area (Å²) in [5.74, 6) is -0.411. The van der Waals surface area contributed by atoms with Gasteiger partial charge in [0.25, 0.3) is 0 Å². The van der Waals surface area contributed by atoms with E-state index in [-0.39, 0.29) is 0 Å². The van der Waals surface area contributed by atoms with Gasteiger partial charge in [0, 0.05) is 0 Å². The minimum Gasteiger partial charge on any atom is -0.358 e. The van der Waals surface area contributed by atoms with Crippen molar-refractivity contribution in [3.8, 4) is 0 Å². The summed E-state index contributed by atoms with van der Waals surface area (Å²) in [6, 6.07) is 0. The fraction of sp³-hybridized carbons (Fsp3) is 0.857. The maximum atomic E-state index is 11.8. The lowest BCUT2D eigenvalue weighted by Crippen LogP contribution is -2.34. The highest BCUT2D eigenvalue weighted by Crippen LogP contribution is 2.23. The molecule has 2 unspecified atom stereocenters. The van der Waals surface area contributed by atoms with Crippen LogP contribution in [0.25, 0.3) is 0 Å². The molecule has 0 aromatic rings. The quantitative estimate of drug-likeness (QED) is 0.669. The molecule has 0 N–H and O–H groups in total. The van der Waals surface area contributed by atoms with Crippen molar-refractivity contribution >= 4 is 5.78 Å². The van der Waals surface area contributed by atoms with Crippen molar-refractivity contribution in [2.45, 2.75) is 39.2 Å². The first-order valence-corrected chi connectivity index (χ1v) is 3.47. The Hall–Kier alpha value is -0.580. The Bertz CT molecular complexity index is 165. The molecule has 12 heavy (non-hydrogen) atoms. The van der Waals surface area contributed by atoms with Crippen molar-refractivity contribution in [1.29, 1.82) is 0 Å². The fourth-order valence-electron chi connectivity index (χ4n) is 0.479. The molecule has 2 nitrogen and oxygen atoms in total. The highest BCUT2D eigenvalue weighted by Gasteiger charge is 2.38. The van der Waals surface area contributed by atoms with Gasteiger partial charge in [-0.15, -0.1) is 0 Å². The van der Waals surface area contributed by atoms with Gasteiger partial charge in [-0.2, -0.15) is 13.2 Å². The zero-order valence-corrected chi connectivity index (χ0v) is 7.11. The summed E-state index contributed by atoms with van der Waals surface area (Å²) in [6.07, 6.45) is -7.29. The van der Waals surface area contributed by atoms with Crippen LogP contribution in [-0.4, -0.2) is 24.2 Å². The van der Waals surface area contributed by atoms with Gasteiger partial charge >= 0.3 is 6.18 Å². The SMILES string of the molecule is CC(=O)C(C)OC(C)C(F)(F)F. The van der Waals surface area contributed by atoms with E-state index in [0.29, 0.717) is 0 Å². The lowest BCUT2D eigenvalue weighted by molar-refractivity contribution is -0.223. The summed E-state index contributed by atoms with van der Waals surface area (Å²) in [5, 5.41) is 0. The molecule has 2 atom stereocenters. The Labute approximate surface area is 68.7 Å². The molecule has 0 rings (SSSR count). The maximum Gasteiger partial charge on any atom is 0.414 e. The predicted molar refractivity (Wildman–Crippen MR) is 36.7 cm³/mol. The van der Waals surface area contributed by atoms with Crippen LogP contribution in [0.4, 0.5) is 13.2 Å². The van der Waals surface area contributed by atoms with Crippen LogP contribution in [0.1, 0.15) is 20.8 Å². The zero-order chi connectivity index (χ0) is 9.94. The number of ketones is 1. The van der Waals surface area contributed by atoms with Gasteiger partial charge in [-0.1, -0.05) is 0 Å². The molecular formula is C7H11F3O2. The van der Waals surface area contributed by atoms with E-state index in [1.807, 2.05) is 0 Å². The normalized spacial score (nSPS) is 17.2.